The molecule has 0 radical (unpaired) electrons. The summed E-state index contributed by atoms with van der Waals surface area (Å²) >= 11 is 0. The molecular formula is C20H38O. The van der Waals surface area contributed by atoms with Crippen molar-refractivity contribution in [1.29, 1.82) is 0 Å². The Labute approximate surface area is 133 Å². The van der Waals surface area contributed by atoms with E-state index < -0.39 is 0 Å². The van der Waals surface area contributed by atoms with Crippen molar-refractivity contribution in [3.8, 4) is 0 Å². The molecule has 2 aliphatic carbocycles. The Bertz CT molecular complexity index is 263. The molecule has 4 atom stereocenters. The lowest BCUT2D eigenvalue weighted by molar-refractivity contribution is -0.0195. The molecule has 1 heteroatoms. The molecule has 0 N–H and O–H groups in total. The highest BCUT2D eigenvalue weighted by molar-refractivity contribution is 4.86. The lowest BCUT2D eigenvalue weighted by Gasteiger charge is -2.42. The van der Waals surface area contributed by atoms with Crippen LogP contribution in [0.3, 0.4) is 0 Å². The molecule has 4 unspecified atom stereocenters. The third kappa shape index (κ3) is 5.93. The fourth-order valence-corrected chi connectivity index (χ4v) is 4.68. The average molecular weight is 295 g/mol. The smallest absolute Gasteiger partial charge is 0.0578 e. The van der Waals surface area contributed by atoms with Crippen molar-refractivity contribution in [2.75, 3.05) is 6.61 Å². The lowest BCUT2D eigenvalue weighted by Crippen LogP contribution is -2.34. The summed E-state index contributed by atoms with van der Waals surface area (Å²) in [4.78, 5) is 0. The number of fused-ring (bicyclic) bond motifs is 1. The van der Waals surface area contributed by atoms with E-state index in [1.165, 1.54) is 77.0 Å². The second-order valence-corrected chi connectivity index (χ2v) is 7.71. The van der Waals surface area contributed by atoms with Gasteiger partial charge in [0.25, 0.3) is 0 Å². The van der Waals surface area contributed by atoms with Crippen molar-refractivity contribution >= 4 is 0 Å². The Hall–Kier alpha value is -0.0400. The number of unbranched alkanes of at least 4 members (excludes halogenated alkanes) is 4. The van der Waals surface area contributed by atoms with Gasteiger partial charge in [-0.15, -0.1) is 0 Å². The van der Waals surface area contributed by atoms with E-state index in [0.717, 1.165) is 24.4 Å². The minimum absolute atomic E-state index is 0.594. The average Bonchev–Trinajstić information content (AvgIpc) is 2.52. The molecule has 0 aromatic rings. The van der Waals surface area contributed by atoms with E-state index in [1.807, 2.05) is 0 Å². The SMILES string of the molecule is CCCCCCCC1CCC2CC(OCCC)CCC2C1. The van der Waals surface area contributed by atoms with Gasteiger partial charge in [-0.25, -0.2) is 0 Å². The van der Waals surface area contributed by atoms with E-state index in [1.54, 1.807) is 6.42 Å². The maximum absolute atomic E-state index is 6.01. The van der Waals surface area contributed by atoms with Gasteiger partial charge in [0.15, 0.2) is 0 Å². The quantitative estimate of drug-likeness (QED) is 0.450. The summed E-state index contributed by atoms with van der Waals surface area (Å²) < 4.78 is 6.01. The number of hydrogen-bond donors (Lipinski definition) is 0. The molecule has 124 valence electrons. The second kappa shape index (κ2) is 9.87. The van der Waals surface area contributed by atoms with Crippen LogP contribution in [-0.4, -0.2) is 12.7 Å². The van der Waals surface area contributed by atoms with Gasteiger partial charge in [-0.2, -0.15) is 0 Å². The topological polar surface area (TPSA) is 9.23 Å². The fraction of sp³-hybridized carbons (Fsp3) is 1.00. The van der Waals surface area contributed by atoms with Gasteiger partial charge < -0.3 is 4.74 Å². The first-order valence-electron chi connectivity index (χ1n) is 9.95. The maximum atomic E-state index is 6.01. The molecule has 2 rings (SSSR count). The standard InChI is InChI=1S/C20H38O/c1-3-5-6-7-8-9-17-10-11-19-16-20(21-14-4-2)13-12-18(19)15-17/h17-20H,3-16H2,1-2H3. The van der Waals surface area contributed by atoms with E-state index in [-0.39, 0.29) is 0 Å². The predicted octanol–water partition coefficient (Wildman–Crippen LogP) is 6.36. The minimum atomic E-state index is 0.594. The number of rotatable bonds is 9. The third-order valence-electron chi connectivity index (χ3n) is 5.95. The molecular weight excluding hydrogens is 256 g/mol. The molecule has 0 aromatic heterocycles. The Kier molecular flexibility index (Phi) is 8.14. The first-order valence-corrected chi connectivity index (χ1v) is 9.95. The van der Waals surface area contributed by atoms with Crippen molar-refractivity contribution in [2.24, 2.45) is 17.8 Å². The molecule has 2 saturated carbocycles. The molecule has 21 heavy (non-hydrogen) atoms. The predicted molar refractivity (Wildman–Crippen MR) is 91.6 cm³/mol. The molecule has 2 fully saturated rings. The zero-order chi connectivity index (χ0) is 14.9. The monoisotopic (exact) mass is 294 g/mol. The van der Waals surface area contributed by atoms with E-state index >= 15 is 0 Å². The van der Waals surface area contributed by atoms with Crippen LogP contribution in [0.15, 0.2) is 0 Å². The second-order valence-electron chi connectivity index (χ2n) is 7.71. The molecule has 2 aliphatic rings. The summed E-state index contributed by atoms with van der Waals surface area (Å²) in [5.74, 6) is 3.10. The summed E-state index contributed by atoms with van der Waals surface area (Å²) in [5, 5.41) is 0. The summed E-state index contributed by atoms with van der Waals surface area (Å²) in [7, 11) is 0. The van der Waals surface area contributed by atoms with Crippen LogP contribution in [0.1, 0.15) is 97.3 Å². The van der Waals surface area contributed by atoms with Crippen molar-refractivity contribution in [3.63, 3.8) is 0 Å². The summed E-state index contributed by atoms with van der Waals surface area (Å²) in [6, 6.07) is 0. The van der Waals surface area contributed by atoms with Crippen LogP contribution < -0.4 is 0 Å². The van der Waals surface area contributed by atoms with Gasteiger partial charge in [0.05, 0.1) is 6.10 Å². The van der Waals surface area contributed by atoms with Crippen LogP contribution in [0.25, 0.3) is 0 Å². The van der Waals surface area contributed by atoms with Crippen molar-refractivity contribution in [3.05, 3.63) is 0 Å². The lowest BCUT2D eigenvalue weighted by atomic mass is 9.66. The van der Waals surface area contributed by atoms with Crippen LogP contribution in [0.4, 0.5) is 0 Å². The van der Waals surface area contributed by atoms with Gasteiger partial charge in [-0.05, 0) is 56.3 Å². The number of ether oxygens (including phenoxy) is 1. The van der Waals surface area contributed by atoms with E-state index in [2.05, 4.69) is 13.8 Å². The van der Waals surface area contributed by atoms with Crippen LogP contribution >= 0.6 is 0 Å². The van der Waals surface area contributed by atoms with Crippen molar-refractivity contribution in [1.82, 2.24) is 0 Å². The third-order valence-corrected chi connectivity index (χ3v) is 5.95. The molecule has 0 amide bonds. The molecule has 0 saturated heterocycles. The Morgan fingerprint density at radius 1 is 0.762 bits per heavy atom. The van der Waals surface area contributed by atoms with E-state index in [4.69, 9.17) is 4.74 Å². The van der Waals surface area contributed by atoms with Crippen LogP contribution in [-0.2, 0) is 4.74 Å². The summed E-state index contributed by atoms with van der Waals surface area (Å²) in [6.45, 7) is 5.50. The largest absolute Gasteiger partial charge is 0.378 e. The van der Waals surface area contributed by atoms with E-state index in [9.17, 15) is 0 Å². The molecule has 1 nitrogen and oxygen atoms in total. The van der Waals surface area contributed by atoms with Crippen LogP contribution in [0, 0.1) is 17.8 Å². The van der Waals surface area contributed by atoms with Gasteiger partial charge in [0, 0.05) is 6.61 Å². The minimum Gasteiger partial charge on any atom is -0.378 e. The highest BCUT2D eigenvalue weighted by Gasteiger charge is 2.35. The fourth-order valence-electron chi connectivity index (χ4n) is 4.68. The van der Waals surface area contributed by atoms with Gasteiger partial charge in [0.1, 0.15) is 0 Å². The molecule has 0 spiro atoms. The molecule has 0 bridgehead atoms. The van der Waals surface area contributed by atoms with Crippen molar-refractivity contribution < 1.29 is 4.74 Å². The summed E-state index contributed by atoms with van der Waals surface area (Å²) in [5.41, 5.74) is 0. The highest BCUT2D eigenvalue weighted by Crippen LogP contribution is 2.44. The normalized spacial score (nSPS) is 32.9. The molecule has 0 heterocycles. The van der Waals surface area contributed by atoms with Crippen molar-refractivity contribution in [2.45, 2.75) is 103 Å². The van der Waals surface area contributed by atoms with Gasteiger partial charge in [-0.1, -0.05) is 58.8 Å². The van der Waals surface area contributed by atoms with Gasteiger partial charge in [0.2, 0.25) is 0 Å². The molecule has 0 aliphatic heterocycles. The Balaban J connectivity index is 1.61. The van der Waals surface area contributed by atoms with E-state index in [0.29, 0.717) is 6.10 Å². The Morgan fingerprint density at radius 3 is 2.33 bits per heavy atom. The Morgan fingerprint density at radius 2 is 1.52 bits per heavy atom. The molecule has 0 aromatic carbocycles. The van der Waals surface area contributed by atoms with Gasteiger partial charge in [-0.3, -0.25) is 0 Å². The van der Waals surface area contributed by atoms with Crippen LogP contribution in [0.2, 0.25) is 0 Å². The van der Waals surface area contributed by atoms with Gasteiger partial charge >= 0.3 is 0 Å². The highest BCUT2D eigenvalue weighted by atomic mass is 16.5. The zero-order valence-corrected chi connectivity index (χ0v) is 14.6. The maximum Gasteiger partial charge on any atom is 0.0578 e. The summed E-state index contributed by atoms with van der Waals surface area (Å²) in [6.07, 6.45) is 19.2. The van der Waals surface area contributed by atoms with Crippen LogP contribution in [0.5, 0.6) is 0 Å². The zero-order valence-electron chi connectivity index (χ0n) is 14.6. The number of hydrogen-bond acceptors (Lipinski definition) is 1. The first-order chi connectivity index (χ1) is 10.3. The first kappa shape index (κ1) is 17.3.